The van der Waals surface area contributed by atoms with Gasteiger partial charge in [0.05, 0.1) is 23.7 Å². The number of hydrogen-bond donors (Lipinski definition) is 0. The number of rotatable bonds is 4. The van der Waals surface area contributed by atoms with Crippen molar-refractivity contribution in [3.63, 3.8) is 0 Å². The Morgan fingerprint density at radius 3 is 2.78 bits per heavy atom. The van der Waals surface area contributed by atoms with E-state index in [-0.39, 0.29) is 0 Å². The minimum Gasteiger partial charge on any atom is -0.476 e. The van der Waals surface area contributed by atoms with Crippen molar-refractivity contribution >= 4 is 26.7 Å². The third-order valence-corrected chi connectivity index (χ3v) is 5.17. The van der Waals surface area contributed by atoms with Gasteiger partial charge in [-0.05, 0) is 24.8 Å². The Balaban J connectivity index is 1.33. The van der Waals surface area contributed by atoms with Crippen LogP contribution in [0, 0.1) is 5.92 Å². The van der Waals surface area contributed by atoms with Gasteiger partial charge in [0.1, 0.15) is 5.52 Å². The van der Waals surface area contributed by atoms with Crippen molar-refractivity contribution in [3.8, 4) is 5.88 Å². The Bertz CT molecular complexity index is 737. The number of ether oxygens (including phenoxy) is 1. The molecule has 0 radical (unpaired) electrons. The van der Waals surface area contributed by atoms with Crippen molar-refractivity contribution in [1.82, 2.24) is 19.9 Å². The molecule has 0 spiro atoms. The molecular formula is C16H17N5OS. The van der Waals surface area contributed by atoms with Crippen molar-refractivity contribution in [2.45, 2.75) is 12.8 Å². The molecular weight excluding hydrogens is 310 g/mol. The predicted octanol–water partition coefficient (Wildman–Crippen LogP) is 2.78. The summed E-state index contributed by atoms with van der Waals surface area (Å²) in [5.41, 5.74) is 0.987. The van der Waals surface area contributed by atoms with Gasteiger partial charge in [0, 0.05) is 31.7 Å². The van der Waals surface area contributed by atoms with Gasteiger partial charge in [0.2, 0.25) is 5.88 Å². The molecule has 1 aliphatic rings. The zero-order valence-electron chi connectivity index (χ0n) is 12.6. The zero-order chi connectivity index (χ0) is 15.5. The summed E-state index contributed by atoms with van der Waals surface area (Å²) in [5, 5.41) is 1.10. The van der Waals surface area contributed by atoms with Crippen molar-refractivity contribution < 1.29 is 4.74 Å². The first-order valence-corrected chi connectivity index (χ1v) is 8.54. The Labute approximate surface area is 138 Å². The Hall–Kier alpha value is -2.28. The molecule has 6 nitrogen and oxygen atoms in total. The highest BCUT2D eigenvalue weighted by Crippen LogP contribution is 2.31. The van der Waals surface area contributed by atoms with Gasteiger partial charge >= 0.3 is 0 Å². The van der Waals surface area contributed by atoms with E-state index < -0.39 is 0 Å². The van der Waals surface area contributed by atoms with Crippen LogP contribution in [0.25, 0.3) is 10.2 Å². The molecule has 4 rings (SSSR count). The molecule has 1 aliphatic heterocycles. The lowest BCUT2D eigenvalue weighted by Gasteiger charge is -2.31. The van der Waals surface area contributed by atoms with Crippen molar-refractivity contribution in [3.05, 3.63) is 37.1 Å². The largest absolute Gasteiger partial charge is 0.476 e. The maximum atomic E-state index is 5.72. The van der Waals surface area contributed by atoms with Crippen LogP contribution in [0.3, 0.4) is 0 Å². The molecule has 0 atom stereocenters. The topological polar surface area (TPSA) is 64.0 Å². The summed E-state index contributed by atoms with van der Waals surface area (Å²) in [4.78, 5) is 19.3. The molecule has 0 aliphatic carbocycles. The standard InChI is InChI=1S/C16H17N5OS/c1-4-17-9-13-14(1)23-16(20-13)21-7-2-12(3-8-21)11-22-15-10-18-5-6-19-15/h1,4-6,9-10,12H,2-3,7-8,11H2. The third kappa shape index (κ3) is 3.24. The van der Waals surface area contributed by atoms with Gasteiger partial charge in [-0.15, -0.1) is 0 Å². The van der Waals surface area contributed by atoms with Crippen LogP contribution in [-0.4, -0.2) is 39.6 Å². The first-order valence-electron chi connectivity index (χ1n) is 7.73. The third-order valence-electron chi connectivity index (χ3n) is 4.07. The highest BCUT2D eigenvalue weighted by molar-refractivity contribution is 7.22. The second-order valence-electron chi connectivity index (χ2n) is 5.62. The van der Waals surface area contributed by atoms with Gasteiger partial charge in [-0.3, -0.25) is 9.97 Å². The molecule has 23 heavy (non-hydrogen) atoms. The average Bonchev–Trinajstić information content (AvgIpc) is 3.05. The minimum atomic E-state index is 0.560. The lowest BCUT2D eigenvalue weighted by molar-refractivity contribution is 0.215. The molecule has 4 heterocycles. The number of pyridine rings is 1. The number of nitrogens with zero attached hydrogens (tertiary/aromatic N) is 5. The van der Waals surface area contributed by atoms with Crippen LogP contribution < -0.4 is 9.64 Å². The second kappa shape index (κ2) is 6.45. The van der Waals surface area contributed by atoms with Crippen LogP contribution >= 0.6 is 11.3 Å². The van der Waals surface area contributed by atoms with E-state index in [2.05, 4.69) is 24.8 Å². The normalized spacial score (nSPS) is 15.9. The fourth-order valence-corrected chi connectivity index (χ4v) is 3.74. The van der Waals surface area contributed by atoms with Crippen molar-refractivity contribution in [1.29, 1.82) is 0 Å². The van der Waals surface area contributed by atoms with Crippen molar-refractivity contribution in [2.24, 2.45) is 5.92 Å². The predicted molar refractivity (Wildman–Crippen MR) is 89.9 cm³/mol. The molecule has 0 N–H and O–H groups in total. The number of piperidine rings is 1. The van der Waals surface area contributed by atoms with E-state index in [9.17, 15) is 0 Å². The van der Waals surface area contributed by atoms with Gasteiger partial charge < -0.3 is 9.64 Å². The van der Waals surface area contributed by atoms with E-state index in [0.29, 0.717) is 18.4 Å². The smallest absolute Gasteiger partial charge is 0.232 e. The summed E-state index contributed by atoms with van der Waals surface area (Å²) in [7, 11) is 0. The first kappa shape index (κ1) is 14.3. The highest BCUT2D eigenvalue weighted by atomic mass is 32.1. The van der Waals surface area contributed by atoms with Crippen LogP contribution in [0.1, 0.15) is 12.8 Å². The summed E-state index contributed by atoms with van der Waals surface area (Å²) in [5.74, 6) is 1.16. The highest BCUT2D eigenvalue weighted by Gasteiger charge is 2.22. The zero-order valence-corrected chi connectivity index (χ0v) is 13.4. The lowest BCUT2D eigenvalue weighted by Crippen LogP contribution is -2.35. The second-order valence-corrected chi connectivity index (χ2v) is 6.63. The molecule has 1 saturated heterocycles. The van der Waals surface area contributed by atoms with Gasteiger partial charge in [-0.25, -0.2) is 9.97 Å². The number of thiazole rings is 1. The summed E-state index contributed by atoms with van der Waals surface area (Å²) in [6.07, 6.45) is 10.8. The van der Waals surface area contributed by atoms with E-state index in [1.807, 2.05) is 18.5 Å². The van der Waals surface area contributed by atoms with E-state index in [4.69, 9.17) is 4.74 Å². The van der Waals surface area contributed by atoms with E-state index in [1.165, 1.54) is 4.70 Å². The monoisotopic (exact) mass is 327 g/mol. The van der Waals surface area contributed by atoms with E-state index in [1.54, 1.807) is 29.9 Å². The fraction of sp³-hybridized carbons (Fsp3) is 0.375. The molecule has 118 valence electrons. The number of fused-ring (bicyclic) bond motifs is 1. The van der Waals surface area contributed by atoms with Crippen LogP contribution in [0.15, 0.2) is 37.1 Å². The van der Waals surface area contributed by atoms with Crippen LogP contribution in [0.2, 0.25) is 0 Å². The summed E-state index contributed by atoms with van der Waals surface area (Å²) in [6.45, 7) is 2.74. The summed E-state index contributed by atoms with van der Waals surface area (Å²) in [6, 6.07) is 2.03. The van der Waals surface area contributed by atoms with Gasteiger partial charge in [0.15, 0.2) is 5.13 Å². The molecule has 0 aromatic carbocycles. The molecule has 3 aromatic heterocycles. The Morgan fingerprint density at radius 1 is 1.13 bits per heavy atom. The molecule has 0 bridgehead atoms. The fourth-order valence-electron chi connectivity index (χ4n) is 2.76. The Morgan fingerprint density at radius 2 is 2.00 bits per heavy atom. The van der Waals surface area contributed by atoms with Crippen molar-refractivity contribution in [2.75, 3.05) is 24.6 Å². The number of aromatic nitrogens is 4. The van der Waals surface area contributed by atoms with Gasteiger partial charge in [0.25, 0.3) is 0 Å². The quantitative estimate of drug-likeness (QED) is 0.734. The SMILES string of the molecule is c1cnc(OCC2CCN(c3nc4cnccc4s3)CC2)cn1. The lowest BCUT2D eigenvalue weighted by atomic mass is 9.98. The summed E-state index contributed by atoms with van der Waals surface area (Å²) >= 11 is 1.74. The molecule has 0 saturated carbocycles. The maximum absolute atomic E-state index is 5.72. The van der Waals surface area contributed by atoms with Crippen LogP contribution in [-0.2, 0) is 0 Å². The average molecular weight is 327 g/mol. The Kier molecular flexibility index (Phi) is 4.02. The van der Waals surface area contributed by atoms with Crippen LogP contribution in [0.5, 0.6) is 5.88 Å². The van der Waals surface area contributed by atoms with Gasteiger partial charge in [-0.1, -0.05) is 11.3 Å². The molecule has 0 unspecified atom stereocenters. The summed E-state index contributed by atoms with van der Waals surface area (Å²) < 4.78 is 6.92. The van der Waals surface area contributed by atoms with E-state index >= 15 is 0 Å². The number of hydrogen-bond acceptors (Lipinski definition) is 7. The van der Waals surface area contributed by atoms with Gasteiger partial charge in [-0.2, -0.15) is 0 Å². The molecule has 3 aromatic rings. The van der Waals surface area contributed by atoms with E-state index in [0.717, 1.165) is 36.6 Å². The van der Waals surface area contributed by atoms with Crippen LogP contribution in [0.4, 0.5) is 5.13 Å². The number of anilines is 1. The molecule has 7 heteroatoms. The first-order chi connectivity index (χ1) is 11.4. The molecule has 0 amide bonds. The maximum Gasteiger partial charge on any atom is 0.232 e. The minimum absolute atomic E-state index is 0.560. The molecule has 1 fully saturated rings.